The molecule has 7 aliphatic rings. The number of aliphatic hydroxyl groups is 7. The summed E-state index contributed by atoms with van der Waals surface area (Å²) in [6.07, 6.45) is -10.7. The predicted molar refractivity (Wildman–Crippen MR) is 243 cm³/mol. The van der Waals surface area contributed by atoms with Crippen LogP contribution in [0.4, 0.5) is 0 Å². The number of esters is 2. The van der Waals surface area contributed by atoms with Gasteiger partial charge in [-0.1, -0.05) is 65.3 Å². The van der Waals surface area contributed by atoms with E-state index in [1.807, 2.05) is 13.8 Å². The van der Waals surface area contributed by atoms with Crippen LogP contribution >= 0.6 is 0 Å². The van der Waals surface area contributed by atoms with Gasteiger partial charge in [0.25, 0.3) is 0 Å². The number of hydrogen-bond acceptors (Lipinski definition) is 17. The Morgan fingerprint density at radius 1 is 0.783 bits per heavy atom. The standard InChI is InChI=1S/C51H76O18/c1-11-24(3)42(62)68-39-40(69-43(63)25(4)12-2)51(23-53)27(19-46(39,5)6)26-13-14-30-47(7)17-16-32(48(8,22-52)29(47)15-18-49(30,9)50(26,10)20-31(51)55)65-45-36(59)37(35(58)38(67-45)41(60)61)66-44-34(57)33(56)28(54)21-64-44/h11-13,22,27-40,44-45,53-59H,14-21,23H2,1-10H3,(H,60,61)/b24-11-,25-12-/t27?,28-,29?,30?,31+,32-,33-,34+,35-,36+,37-,38-,39-,40-,44-,45+,47-,48-,49+,50+,51-/m0/s1. The van der Waals surface area contributed by atoms with Crippen LogP contribution < -0.4 is 0 Å². The molecule has 0 aromatic heterocycles. The first-order chi connectivity index (χ1) is 32.2. The number of carboxylic acids is 1. The lowest BCUT2D eigenvalue weighted by Gasteiger charge is -2.72. The van der Waals surface area contributed by atoms with Crippen molar-refractivity contribution in [3.05, 3.63) is 34.9 Å². The Balaban J connectivity index is 1.20. The maximum absolute atomic E-state index is 13.7. The Labute approximate surface area is 404 Å². The fraction of sp³-hybridized carbons (Fsp3) is 0.804. The van der Waals surface area contributed by atoms with Gasteiger partial charge < -0.3 is 74.1 Å². The molecule has 8 N–H and O–H groups in total. The number of allylic oxidation sites excluding steroid dienone is 4. The number of hydrogen-bond donors (Lipinski definition) is 8. The minimum Gasteiger partial charge on any atom is -0.479 e. The normalized spacial score (nSPS) is 48.6. The number of aliphatic carboxylic acids is 1. The van der Waals surface area contributed by atoms with Gasteiger partial charge in [-0.15, -0.1) is 0 Å². The topological polar surface area (TPSA) is 285 Å². The van der Waals surface area contributed by atoms with Gasteiger partial charge in [-0.25, -0.2) is 14.4 Å². The third-order valence-electron chi connectivity index (χ3n) is 19.1. The van der Waals surface area contributed by atoms with E-state index < -0.39 is 149 Å². The predicted octanol–water partition coefficient (Wildman–Crippen LogP) is 2.65. The van der Waals surface area contributed by atoms with Crippen molar-refractivity contribution in [3.63, 3.8) is 0 Å². The lowest BCUT2D eigenvalue weighted by molar-refractivity contribution is -0.355. The Kier molecular flexibility index (Phi) is 14.8. The molecule has 4 saturated carbocycles. The zero-order valence-corrected chi connectivity index (χ0v) is 41.6. The second kappa shape index (κ2) is 19.0. The molecule has 0 amide bonds. The number of carbonyl (C=O) groups is 4. The van der Waals surface area contributed by atoms with E-state index in [1.54, 1.807) is 46.8 Å². The molecule has 0 aromatic carbocycles. The van der Waals surface area contributed by atoms with Crippen LogP contribution in [0.3, 0.4) is 0 Å². The lowest BCUT2D eigenvalue weighted by Crippen LogP contribution is -2.72. The average molecular weight is 977 g/mol. The van der Waals surface area contributed by atoms with Gasteiger partial charge in [0.15, 0.2) is 24.8 Å². The highest BCUT2D eigenvalue weighted by Gasteiger charge is 2.74. The molecule has 0 bridgehead atoms. The molecule has 18 heteroatoms. The van der Waals surface area contributed by atoms with Crippen LogP contribution in [0.25, 0.3) is 0 Å². The molecule has 7 rings (SSSR count). The van der Waals surface area contributed by atoms with Gasteiger partial charge in [-0.2, -0.15) is 0 Å². The molecule has 0 aromatic rings. The quantitative estimate of drug-likeness (QED) is 0.0486. The van der Waals surface area contributed by atoms with Gasteiger partial charge >= 0.3 is 17.9 Å². The van der Waals surface area contributed by atoms with Crippen molar-refractivity contribution in [2.75, 3.05) is 13.2 Å². The lowest BCUT2D eigenvalue weighted by atomic mass is 9.33. The van der Waals surface area contributed by atoms with E-state index in [0.717, 1.165) is 11.9 Å². The van der Waals surface area contributed by atoms with Crippen LogP contribution in [-0.2, 0) is 47.6 Å². The summed E-state index contributed by atoms with van der Waals surface area (Å²) < 4.78 is 35.8. The maximum Gasteiger partial charge on any atom is 0.335 e. The Morgan fingerprint density at radius 2 is 1.41 bits per heavy atom. The third-order valence-corrected chi connectivity index (χ3v) is 19.1. The van der Waals surface area contributed by atoms with Gasteiger partial charge in [0, 0.05) is 16.6 Å². The van der Waals surface area contributed by atoms with E-state index >= 15 is 0 Å². The van der Waals surface area contributed by atoms with E-state index in [0.29, 0.717) is 43.3 Å². The highest BCUT2D eigenvalue weighted by Crippen LogP contribution is 2.76. The van der Waals surface area contributed by atoms with Crippen molar-refractivity contribution in [2.24, 2.45) is 50.2 Å². The number of fused-ring (bicyclic) bond motifs is 7. The van der Waals surface area contributed by atoms with Crippen LogP contribution in [0.1, 0.15) is 114 Å². The smallest absolute Gasteiger partial charge is 0.335 e. The van der Waals surface area contributed by atoms with E-state index in [-0.39, 0.29) is 24.7 Å². The third kappa shape index (κ3) is 8.29. The minimum absolute atomic E-state index is 0.0387. The van der Waals surface area contributed by atoms with Crippen molar-refractivity contribution in [3.8, 4) is 0 Å². The summed E-state index contributed by atoms with van der Waals surface area (Å²) in [5.74, 6) is -3.65. The summed E-state index contributed by atoms with van der Waals surface area (Å²) in [7, 11) is 0. The second-order valence-electron chi connectivity index (χ2n) is 22.9. The molecule has 2 aliphatic heterocycles. The summed E-state index contributed by atoms with van der Waals surface area (Å²) in [4.78, 5) is 53.3. The van der Waals surface area contributed by atoms with Gasteiger partial charge in [-0.05, 0) is 107 Å². The van der Waals surface area contributed by atoms with Gasteiger partial charge in [-0.3, -0.25) is 0 Å². The van der Waals surface area contributed by atoms with Crippen molar-refractivity contribution < 1.29 is 88.5 Å². The molecule has 2 heterocycles. The second-order valence-corrected chi connectivity index (χ2v) is 22.9. The number of aliphatic hydroxyl groups excluding tert-OH is 7. The van der Waals surface area contributed by atoms with Crippen LogP contribution in [0.5, 0.6) is 0 Å². The molecular formula is C51H76O18. The molecule has 5 aliphatic carbocycles. The van der Waals surface area contributed by atoms with Crippen molar-refractivity contribution in [1.82, 2.24) is 0 Å². The van der Waals surface area contributed by atoms with Gasteiger partial charge in [0.1, 0.15) is 49.0 Å². The van der Waals surface area contributed by atoms with E-state index in [4.69, 9.17) is 28.4 Å². The SMILES string of the molecule is C/C=C(/C)C(=O)O[C@H]1[C@H](OC(=O)/C(C)=C\C)[C@@]2(CO)C(CC1(C)C)C1=CCC3[C@@]4(C)CC[C@H](O[C@@H]5O[C@H](C(=O)O)[C@@H](O)[C@H](O[C@@H]6OC[C@H](O)[C@H](O)[C@H]6O)[C@H]5O)[C@@](C)(C=O)C4CC[C@@]3(C)[C@]1(C)C[C@H]2O. The molecule has 6 fully saturated rings. The fourth-order valence-corrected chi connectivity index (χ4v) is 14.5. The first-order valence-corrected chi connectivity index (χ1v) is 24.5. The molecule has 0 radical (unpaired) electrons. The van der Waals surface area contributed by atoms with E-state index in [9.17, 15) is 60.0 Å². The summed E-state index contributed by atoms with van der Waals surface area (Å²) >= 11 is 0. The van der Waals surface area contributed by atoms with Crippen molar-refractivity contribution in [1.29, 1.82) is 0 Å². The van der Waals surface area contributed by atoms with Crippen LogP contribution in [-0.4, -0.2) is 158 Å². The Morgan fingerprint density at radius 3 is 1.99 bits per heavy atom. The van der Waals surface area contributed by atoms with Crippen LogP contribution in [0.15, 0.2) is 34.9 Å². The highest BCUT2D eigenvalue weighted by atomic mass is 16.7. The number of rotatable bonds is 11. The minimum atomic E-state index is -1.99. The first kappa shape index (κ1) is 53.7. The fourth-order valence-electron chi connectivity index (χ4n) is 14.5. The average Bonchev–Trinajstić information content (AvgIpc) is 3.29. The zero-order valence-electron chi connectivity index (χ0n) is 41.6. The Hall–Kier alpha value is -3.14. The summed E-state index contributed by atoms with van der Waals surface area (Å²) in [6.45, 7) is 18.0. The zero-order chi connectivity index (χ0) is 51.1. The molecule has 3 unspecified atom stereocenters. The van der Waals surface area contributed by atoms with Crippen LogP contribution in [0.2, 0.25) is 0 Å². The summed E-state index contributed by atoms with van der Waals surface area (Å²) in [5.41, 5.74) is -3.33. The summed E-state index contributed by atoms with van der Waals surface area (Å²) in [6, 6.07) is 0. The number of ether oxygens (including phenoxy) is 6. The Bertz CT molecular complexity index is 2090. The van der Waals surface area contributed by atoms with E-state index in [1.165, 1.54) is 0 Å². The molecule has 21 atom stereocenters. The molecule has 18 nitrogen and oxygen atoms in total. The number of carboxylic acid groups (broad SMARTS) is 1. The molecule has 0 spiro atoms. The molecule has 388 valence electrons. The monoisotopic (exact) mass is 977 g/mol. The van der Waals surface area contributed by atoms with E-state index in [2.05, 4.69) is 26.8 Å². The number of carbonyl (C=O) groups excluding carboxylic acids is 3. The van der Waals surface area contributed by atoms with Crippen LogP contribution in [0, 0.1) is 50.2 Å². The molecule has 2 saturated heterocycles. The molecule has 69 heavy (non-hydrogen) atoms. The van der Waals surface area contributed by atoms with Gasteiger partial charge in [0.2, 0.25) is 0 Å². The maximum atomic E-state index is 13.7. The largest absolute Gasteiger partial charge is 0.479 e. The first-order valence-electron chi connectivity index (χ1n) is 24.5. The highest BCUT2D eigenvalue weighted by molar-refractivity contribution is 5.89. The number of aldehydes is 1. The summed E-state index contributed by atoms with van der Waals surface area (Å²) in [5, 5.41) is 88.0. The van der Waals surface area contributed by atoms with Crippen molar-refractivity contribution >= 4 is 24.2 Å². The molecular weight excluding hydrogens is 901 g/mol. The van der Waals surface area contributed by atoms with Gasteiger partial charge in [0.05, 0.1) is 36.3 Å². The van der Waals surface area contributed by atoms with Crippen molar-refractivity contribution in [2.45, 2.75) is 194 Å².